The van der Waals surface area contributed by atoms with Crippen molar-refractivity contribution in [3.05, 3.63) is 53.3 Å². The average molecular weight is 304 g/mol. The minimum atomic E-state index is -0.988. The molecule has 0 atom stereocenters. The minimum absolute atomic E-state index is 0.592. The number of pyridine rings is 1. The molecule has 0 aliphatic rings. The van der Waals surface area contributed by atoms with Crippen molar-refractivity contribution in [3.8, 4) is 16.9 Å². The maximum Gasteiger partial charge on any atom is 0.328 e. The molecule has 2 rings (SSSR count). The molecule has 5 heteroatoms. The second-order valence-corrected chi connectivity index (χ2v) is 4.91. The Morgan fingerprint density at radius 3 is 2.76 bits per heavy atom. The number of methoxy groups -OCH3 is 1. The second-order valence-electron chi connectivity index (χ2n) is 4.47. The first kappa shape index (κ1) is 15.1. The first-order chi connectivity index (χ1) is 10.0. The van der Waals surface area contributed by atoms with Gasteiger partial charge in [-0.3, -0.25) is 4.98 Å². The van der Waals surface area contributed by atoms with Gasteiger partial charge in [0.05, 0.1) is 7.11 Å². The molecular formula is C16H14ClNO3. The topological polar surface area (TPSA) is 59.4 Å². The Bertz CT molecular complexity index is 710. The van der Waals surface area contributed by atoms with Crippen LogP contribution in [0.2, 0.25) is 5.02 Å². The van der Waals surface area contributed by atoms with Gasteiger partial charge in [-0.2, -0.15) is 0 Å². The fraction of sp³-hybridized carbons (Fsp3) is 0.125. The molecule has 0 fully saturated rings. The number of hydrogen-bond acceptors (Lipinski definition) is 3. The van der Waals surface area contributed by atoms with E-state index < -0.39 is 5.97 Å². The summed E-state index contributed by atoms with van der Waals surface area (Å²) in [5.41, 5.74) is 2.97. The number of ether oxygens (including phenoxy) is 1. The van der Waals surface area contributed by atoms with Gasteiger partial charge in [0.15, 0.2) is 0 Å². The van der Waals surface area contributed by atoms with Gasteiger partial charge < -0.3 is 9.84 Å². The Labute approximate surface area is 127 Å². The molecular weight excluding hydrogens is 290 g/mol. The normalized spacial score (nSPS) is 11.3. The van der Waals surface area contributed by atoms with E-state index in [9.17, 15) is 4.79 Å². The van der Waals surface area contributed by atoms with Crippen molar-refractivity contribution in [1.29, 1.82) is 0 Å². The van der Waals surface area contributed by atoms with Crippen molar-refractivity contribution in [2.75, 3.05) is 7.11 Å². The minimum Gasteiger partial charge on any atom is -0.496 e. The molecule has 0 aliphatic heterocycles. The van der Waals surface area contributed by atoms with E-state index in [1.165, 1.54) is 0 Å². The molecule has 0 bridgehead atoms. The van der Waals surface area contributed by atoms with Crippen molar-refractivity contribution in [2.24, 2.45) is 0 Å². The summed E-state index contributed by atoms with van der Waals surface area (Å²) in [6, 6.07) is 7.18. The molecule has 0 amide bonds. The summed E-state index contributed by atoms with van der Waals surface area (Å²) in [6.07, 6.45) is 4.46. The lowest BCUT2D eigenvalue weighted by molar-refractivity contribution is -0.131. The third kappa shape index (κ3) is 3.61. The number of carbonyl (C=O) groups is 1. The van der Waals surface area contributed by atoms with Gasteiger partial charge in [0, 0.05) is 34.6 Å². The van der Waals surface area contributed by atoms with Gasteiger partial charge in [-0.1, -0.05) is 11.6 Å². The smallest absolute Gasteiger partial charge is 0.328 e. The first-order valence-corrected chi connectivity index (χ1v) is 6.59. The van der Waals surface area contributed by atoms with E-state index in [-0.39, 0.29) is 0 Å². The predicted octanol–water partition coefficient (Wildman–Crippen LogP) is 3.90. The molecule has 0 saturated carbocycles. The van der Waals surface area contributed by atoms with Crippen LogP contribution in [0.3, 0.4) is 0 Å². The van der Waals surface area contributed by atoms with Gasteiger partial charge in [0.1, 0.15) is 5.75 Å². The number of aromatic nitrogens is 1. The molecule has 21 heavy (non-hydrogen) atoms. The predicted molar refractivity (Wildman–Crippen MR) is 82.5 cm³/mol. The Morgan fingerprint density at radius 2 is 2.10 bits per heavy atom. The van der Waals surface area contributed by atoms with Crippen LogP contribution in [-0.2, 0) is 4.79 Å². The van der Waals surface area contributed by atoms with Crippen LogP contribution in [-0.4, -0.2) is 23.2 Å². The number of benzene rings is 1. The van der Waals surface area contributed by atoms with Crippen LogP contribution in [0, 0.1) is 0 Å². The summed E-state index contributed by atoms with van der Waals surface area (Å²) < 4.78 is 5.32. The maximum absolute atomic E-state index is 10.7. The zero-order chi connectivity index (χ0) is 15.4. The zero-order valence-electron chi connectivity index (χ0n) is 11.6. The molecule has 1 N–H and O–H groups in total. The number of aliphatic carboxylic acids is 1. The van der Waals surface area contributed by atoms with Crippen LogP contribution in [0.4, 0.5) is 0 Å². The molecule has 0 spiro atoms. The molecule has 0 unspecified atom stereocenters. The molecule has 2 aromatic rings. The van der Waals surface area contributed by atoms with Crippen LogP contribution < -0.4 is 4.74 Å². The molecule has 0 aliphatic carbocycles. The SMILES string of the molecule is COc1ccc(Cl)cc1-c1cncc(/C(C)=C/C(=O)O)c1. The van der Waals surface area contributed by atoms with E-state index >= 15 is 0 Å². The van der Waals surface area contributed by atoms with Crippen molar-refractivity contribution in [2.45, 2.75) is 6.92 Å². The Morgan fingerprint density at radius 1 is 1.33 bits per heavy atom. The highest BCUT2D eigenvalue weighted by Gasteiger charge is 2.09. The Balaban J connectivity index is 2.52. The number of carboxylic acids is 1. The van der Waals surface area contributed by atoms with E-state index in [2.05, 4.69) is 4.98 Å². The van der Waals surface area contributed by atoms with Crippen molar-refractivity contribution >= 4 is 23.1 Å². The fourth-order valence-corrected chi connectivity index (χ4v) is 2.15. The van der Waals surface area contributed by atoms with Gasteiger partial charge in [0.25, 0.3) is 0 Å². The highest BCUT2D eigenvalue weighted by Crippen LogP contribution is 2.33. The lowest BCUT2D eigenvalue weighted by Gasteiger charge is -2.10. The van der Waals surface area contributed by atoms with Crippen LogP contribution in [0.25, 0.3) is 16.7 Å². The van der Waals surface area contributed by atoms with Crippen molar-refractivity contribution < 1.29 is 14.6 Å². The number of rotatable bonds is 4. The molecule has 0 saturated heterocycles. The summed E-state index contributed by atoms with van der Waals surface area (Å²) in [4.78, 5) is 14.9. The number of halogens is 1. The van der Waals surface area contributed by atoms with Gasteiger partial charge >= 0.3 is 5.97 Å². The Kier molecular flexibility index (Phi) is 4.60. The molecule has 108 valence electrons. The van der Waals surface area contributed by atoms with Crippen molar-refractivity contribution in [1.82, 2.24) is 4.98 Å². The summed E-state index contributed by atoms with van der Waals surface area (Å²) in [6.45, 7) is 1.73. The highest BCUT2D eigenvalue weighted by molar-refractivity contribution is 6.31. The molecule has 1 aromatic carbocycles. The molecule has 1 heterocycles. The number of carboxylic acid groups (broad SMARTS) is 1. The number of nitrogens with zero attached hydrogens (tertiary/aromatic N) is 1. The average Bonchev–Trinajstić information content (AvgIpc) is 2.46. The molecule has 1 aromatic heterocycles. The van der Waals surface area contributed by atoms with E-state index in [0.717, 1.165) is 22.8 Å². The molecule has 0 radical (unpaired) electrons. The summed E-state index contributed by atoms with van der Waals surface area (Å²) in [5, 5.41) is 9.41. The molecule has 4 nitrogen and oxygen atoms in total. The quantitative estimate of drug-likeness (QED) is 0.870. The highest BCUT2D eigenvalue weighted by atomic mass is 35.5. The fourth-order valence-electron chi connectivity index (χ4n) is 1.98. The largest absolute Gasteiger partial charge is 0.496 e. The lowest BCUT2D eigenvalue weighted by Crippen LogP contribution is -1.93. The van der Waals surface area contributed by atoms with Crippen molar-refractivity contribution in [3.63, 3.8) is 0 Å². The monoisotopic (exact) mass is 303 g/mol. The van der Waals surface area contributed by atoms with Gasteiger partial charge in [0.2, 0.25) is 0 Å². The Hall–Kier alpha value is -2.33. The summed E-state index contributed by atoms with van der Waals surface area (Å²) >= 11 is 6.03. The van der Waals surface area contributed by atoms with Crippen LogP contribution in [0.15, 0.2) is 42.7 Å². The zero-order valence-corrected chi connectivity index (χ0v) is 12.4. The van der Waals surface area contributed by atoms with E-state index in [1.54, 1.807) is 44.6 Å². The van der Waals surface area contributed by atoms with Gasteiger partial charge in [-0.05, 0) is 42.3 Å². The third-order valence-electron chi connectivity index (χ3n) is 3.01. The number of allylic oxidation sites excluding steroid dienone is 1. The first-order valence-electron chi connectivity index (χ1n) is 6.22. The maximum atomic E-state index is 10.7. The van der Waals surface area contributed by atoms with Gasteiger partial charge in [-0.15, -0.1) is 0 Å². The number of hydrogen-bond donors (Lipinski definition) is 1. The van der Waals surface area contributed by atoms with Crippen LogP contribution in [0.5, 0.6) is 5.75 Å². The standard InChI is InChI=1S/C16H14ClNO3/c1-10(5-16(19)20)11-6-12(9-18-8-11)14-7-13(17)3-4-15(14)21-2/h3-9H,1-2H3,(H,19,20)/b10-5+. The van der Waals surface area contributed by atoms with E-state index in [1.807, 2.05) is 6.07 Å². The second kappa shape index (κ2) is 6.41. The summed E-state index contributed by atoms with van der Waals surface area (Å²) in [7, 11) is 1.58. The van der Waals surface area contributed by atoms with Crippen LogP contribution in [0.1, 0.15) is 12.5 Å². The third-order valence-corrected chi connectivity index (χ3v) is 3.24. The van der Waals surface area contributed by atoms with E-state index in [4.69, 9.17) is 21.4 Å². The lowest BCUT2D eigenvalue weighted by atomic mass is 10.0. The van der Waals surface area contributed by atoms with Crippen LogP contribution >= 0.6 is 11.6 Å². The van der Waals surface area contributed by atoms with E-state index in [0.29, 0.717) is 16.3 Å². The van der Waals surface area contributed by atoms with Gasteiger partial charge in [-0.25, -0.2) is 4.79 Å². The summed E-state index contributed by atoms with van der Waals surface area (Å²) in [5.74, 6) is -0.309.